The third-order valence-corrected chi connectivity index (χ3v) is 3.96. The van der Waals surface area contributed by atoms with Crippen LogP contribution in [-0.2, 0) is 11.3 Å². The van der Waals surface area contributed by atoms with Gasteiger partial charge in [0.1, 0.15) is 12.4 Å². The van der Waals surface area contributed by atoms with Crippen LogP contribution in [0.15, 0.2) is 66.7 Å². The van der Waals surface area contributed by atoms with E-state index in [1.165, 1.54) is 0 Å². The van der Waals surface area contributed by atoms with E-state index in [0.29, 0.717) is 19.8 Å². The maximum absolute atomic E-state index is 9.71. The third kappa shape index (κ3) is 4.95. The fourth-order valence-corrected chi connectivity index (χ4v) is 2.65. The SMILES string of the molecule is COC[C@@H](O)CNc1ccc2cc(OCc3ccccc3)ccc2c1. The molecule has 4 nitrogen and oxygen atoms in total. The van der Waals surface area contributed by atoms with Gasteiger partial charge in [-0.1, -0.05) is 42.5 Å². The minimum Gasteiger partial charge on any atom is -0.489 e. The van der Waals surface area contributed by atoms with Gasteiger partial charge in [-0.15, -0.1) is 0 Å². The Morgan fingerprint density at radius 1 is 0.960 bits per heavy atom. The molecule has 0 saturated carbocycles. The highest BCUT2D eigenvalue weighted by atomic mass is 16.5. The Morgan fingerprint density at radius 2 is 1.72 bits per heavy atom. The third-order valence-electron chi connectivity index (χ3n) is 3.96. The minimum absolute atomic E-state index is 0.322. The summed E-state index contributed by atoms with van der Waals surface area (Å²) >= 11 is 0. The van der Waals surface area contributed by atoms with Crippen molar-refractivity contribution in [3.63, 3.8) is 0 Å². The molecule has 25 heavy (non-hydrogen) atoms. The molecule has 4 heteroatoms. The standard InChI is InChI=1S/C21H23NO3/c1-24-15-20(23)13-22-19-9-7-18-12-21(10-8-17(18)11-19)25-14-16-5-3-2-4-6-16/h2-12,20,22-23H,13-15H2,1H3/t20-/m0/s1. The van der Waals surface area contributed by atoms with Crippen LogP contribution in [0.3, 0.4) is 0 Å². The van der Waals surface area contributed by atoms with Crippen LogP contribution in [0.5, 0.6) is 5.75 Å². The first-order chi connectivity index (χ1) is 12.2. The number of nitrogens with one attached hydrogen (secondary N) is 1. The van der Waals surface area contributed by atoms with Crippen LogP contribution in [-0.4, -0.2) is 31.5 Å². The summed E-state index contributed by atoms with van der Waals surface area (Å²) in [5.74, 6) is 0.854. The lowest BCUT2D eigenvalue weighted by Gasteiger charge is -2.13. The van der Waals surface area contributed by atoms with E-state index in [4.69, 9.17) is 9.47 Å². The summed E-state index contributed by atoms with van der Waals surface area (Å²) in [6.07, 6.45) is -0.519. The van der Waals surface area contributed by atoms with Crippen LogP contribution in [0.4, 0.5) is 5.69 Å². The van der Waals surface area contributed by atoms with E-state index in [0.717, 1.165) is 27.8 Å². The lowest BCUT2D eigenvalue weighted by molar-refractivity contribution is 0.0727. The fourth-order valence-electron chi connectivity index (χ4n) is 2.65. The van der Waals surface area contributed by atoms with Crippen molar-refractivity contribution in [3.05, 3.63) is 72.3 Å². The molecule has 0 aliphatic carbocycles. The van der Waals surface area contributed by atoms with E-state index in [1.54, 1.807) is 7.11 Å². The summed E-state index contributed by atoms with van der Waals surface area (Å²) in [6.45, 7) is 1.34. The monoisotopic (exact) mass is 337 g/mol. The van der Waals surface area contributed by atoms with E-state index in [9.17, 15) is 5.11 Å². The average molecular weight is 337 g/mol. The van der Waals surface area contributed by atoms with Gasteiger partial charge in [-0.25, -0.2) is 0 Å². The largest absolute Gasteiger partial charge is 0.489 e. The Hall–Kier alpha value is -2.56. The predicted molar refractivity (Wildman–Crippen MR) is 101 cm³/mol. The Labute approximate surface area is 148 Å². The number of anilines is 1. The smallest absolute Gasteiger partial charge is 0.120 e. The summed E-state index contributed by atoms with van der Waals surface area (Å²) in [4.78, 5) is 0. The molecule has 0 spiro atoms. The first kappa shape index (κ1) is 17.3. The van der Waals surface area contributed by atoms with Crippen molar-refractivity contribution in [1.82, 2.24) is 0 Å². The van der Waals surface area contributed by atoms with Gasteiger partial charge >= 0.3 is 0 Å². The van der Waals surface area contributed by atoms with Crippen molar-refractivity contribution in [3.8, 4) is 5.75 Å². The minimum atomic E-state index is -0.519. The summed E-state index contributed by atoms with van der Waals surface area (Å²) < 4.78 is 10.8. The molecular formula is C21H23NO3. The van der Waals surface area contributed by atoms with Crippen molar-refractivity contribution >= 4 is 16.5 Å². The second-order valence-electron chi connectivity index (χ2n) is 5.99. The molecule has 0 bridgehead atoms. The Bertz CT molecular complexity index is 805. The molecule has 2 N–H and O–H groups in total. The first-order valence-electron chi connectivity index (χ1n) is 8.36. The number of hydrogen-bond acceptors (Lipinski definition) is 4. The van der Waals surface area contributed by atoms with Gasteiger partial charge < -0.3 is 19.9 Å². The van der Waals surface area contributed by atoms with Crippen LogP contribution < -0.4 is 10.1 Å². The summed E-state index contributed by atoms with van der Waals surface area (Å²) in [7, 11) is 1.58. The van der Waals surface area contributed by atoms with Crippen LogP contribution in [0.1, 0.15) is 5.56 Å². The Balaban J connectivity index is 1.64. The zero-order valence-electron chi connectivity index (χ0n) is 14.3. The van der Waals surface area contributed by atoms with Crippen molar-refractivity contribution < 1.29 is 14.6 Å². The maximum Gasteiger partial charge on any atom is 0.120 e. The van der Waals surface area contributed by atoms with Gasteiger partial charge in [-0.05, 0) is 40.6 Å². The number of ether oxygens (including phenoxy) is 2. The number of aliphatic hydroxyl groups is 1. The zero-order chi connectivity index (χ0) is 17.5. The number of benzene rings is 3. The highest BCUT2D eigenvalue weighted by Crippen LogP contribution is 2.24. The predicted octanol–water partition coefficient (Wildman–Crippen LogP) is 3.84. The normalized spacial score (nSPS) is 12.1. The molecular weight excluding hydrogens is 314 g/mol. The number of methoxy groups -OCH3 is 1. The maximum atomic E-state index is 9.71. The van der Waals surface area contributed by atoms with Gasteiger partial charge in [-0.2, -0.15) is 0 Å². The van der Waals surface area contributed by atoms with Crippen molar-refractivity contribution in [2.75, 3.05) is 25.6 Å². The average Bonchev–Trinajstić information content (AvgIpc) is 2.65. The molecule has 0 aromatic heterocycles. The lowest BCUT2D eigenvalue weighted by Crippen LogP contribution is -2.24. The molecule has 3 aromatic rings. The van der Waals surface area contributed by atoms with E-state index >= 15 is 0 Å². The molecule has 0 unspecified atom stereocenters. The Kier molecular flexibility index (Phi) is 5.88. The second-order valence-corrected chi connectivity index (χ2v) is 5.99. The molecule has 0 amide bonds. The van der Waals surface area contributed by atoms with Gasteiger partial charge in [0, 0.05) is 19.3 Å². The molecule has 3 aromatic carbocycles. The quantitative estimate of drug-likeness (QED) is 0.656. The van der Waals surface area contributed by atoms with Crippen LogP contribution in [0, 0.1) is 0 Å². The van der Waals surface area contributed by atoms with Crippen LogP contribution >= 0.6 is 0 Å². The van der Waals surface area contributed by atoms with Crippen molar-refractivity contribution in [2.45, 2.75) is 12.7 Å². The molecule has 1 atom stereocenters. The second kappa shape index (κ2) is 8.51. The van der Waals surface area contributed by atoms with E-state index in [-0.39, 0.29) is 0 Å². The van der Waals surface area contributed by atoms with Gasteiger partial charge in [0.05, 0.1) is 12.7 Å². The van der Waals surface area contributed by atoms with Crippen molar-refractivity contribution in [2.24, 2.45) is 0 Å². The van der Waals surface area contributed by atoms with Crippen molar-refractivity contribution in [1.29, 1.82) is 0 Å². The number of aliphatic hydroxyl groups excluding tert-OH is 1. The highest BCUT2D eigenvalue weighted by Gasteiger charge is 2.04. The van der Waals surface area contributed by atoms with E-state index in [2.05, 4.69) is 29.6 Å². The van der Waals surface area contributed by atoms with E-state index < -0.39 is 6.10 Å². The number of hydrogen-bond donors (Lipinski definition) is 2. The van der Waals surface area contributed by atoms with E-state index in [1.807, 2.05) is 42.5 Å². The fraction of sp³-hybridized carbons (Fsp3) is 0.238. The Morgan fingerprint density at radius 3 is 2.52 bits per heavy atom. The summed E-state index contributed by atoms with van der Waals surface area (Å²) in [6, 6.07) is 22.3. The number of fused-ring (bicyclic) bond motifs is 1. The van der Waals surface area contributed by atoms with Gasteiger partial charge in [-0.3, -0.25) is 0 Å². The lowest BCUT2D eigenvalue weighted by atomic mass is 10.1. The summed E-state index contributed by atoms with van der Waals surface area (Å²) in [5.41, 5.74) is 2.12. The number of rotatable bonds is 8. The molecule has 0 heterocycles. The molecule has 0 saturated heterocycles. The molecule has 0 aliphatic heterocycles. The highest BCUT2D eigenvalue weighted by molar-refractivity contribution is 5.86. The topological polar surface area (TPSA) is 50.7 Å². The molecule has 0 fully saturated rings. The molecule has 0 radical (unpaired) electrons. The molecule has 130 valence electrons. The zero-order valence-corrected chi connectivity index (χ0v) is 14.3. The first-order valence-corrected chi connectivity index (χ1v) is 8.36. The van der Waals surface area contributed by atoms with Crippen LogP contribution in [0.2, 0.25) is 0 Å². The molecule has 3 rings (SSSR count). The van der Waals surface area contributed by atoms with Gasteiger partial charge in [0.25, 0.3) is 0 Å². The summed E-state index contributed by atoms with van der Waals surface area (Å²) in [5, 5.41) is 15.2. The van der Waals surface area contributed by atoms with Crippen LogP contribution in [0.25, 0.3) is 10.8 Å². The van der Waals surface area contributed by atoms with Gasteiger partial charge in [0.15, 0.2) is 0 Å². The molecule has 0 aliphatic rings. The van der Waals surface area contributed by atoms with Gasteiger partial charge in [0.2, 0.25) is 0 Å².